The molecule has 0 aliphatic heterocycles. The molecule has 0 unspecified atom stereocenters. The standard InChI is InChI=1S/C27H32N2O6/c1-2-32-27(31)23-9-12-25(35-18-15-29-14-13-28-21-29)26(19-23)34-17-6-4-3-5-16-33-24-10-7-22(20-30)8-11-24/h7-14,19-21H,2-6,15-18H2,1H3. The molecule has 2 aromatic carbocycles. The molecule has 1 heterocycles. The highest BCUT2D eigenvalue weighted by Gasteiger charge is 2.13. The zero-order chi connectivity index (χ0) is 24.7. The number of benzene rings is 2. The third-order valence-corrected chi connectivity index (χ3v) is 5.20. The molecular weight excluding hydrogens is 448 g/mol. The van der Waals surface area contributed by atoms with Gasteiger partial charge in [0.15, 0.2) is 11.5 Å². The SMILES string of the molecule is CCOC(=O)c1ccc(OCCn2ccnc2)c(OCCCCCCOc2ccc(C=O)cc2)c1. The lowest BCUT2D eigenvalue weighted by Gasteiger charge is -2.14. The van der Waals surface area contributed by atoms with Gasteiger partial charge in [-0.25, -0.2) is 9.78 Å². The molecule has 35 heavy (non-hydrogen) atoms. The van der Waals surface area contributed by atoms with Crippen molar-refractivity contribution in [2.75, 3.05) is 26.4 Å². The number of unbranched alkanes of at least 4 members (excludes halogenated alkanes) is 3. The fraction of sp³-hybridized carbons (Fsp3) is 0.370. The second-order valence-electron chi connectivity index (χ2n) is 7.83. The summed E-state index contributed by atoms with van der Waals surface area (Å²) in [5, 5.41) is 0. The Bertz CT molecular complexity index is 1030. The van der Waals surface area contributed by atoms with Crippen LogP contribution in [0.25, 0.3) is 0 Å². The molecule has 8 nitrogen and oxygen atoms in total. The van der Waals surface area contributed by atoms with Crippen LogP contribution in [0.5, 0.6) is 17.2 Å². The zero-order valence-corrected chi connectivity index (χ0v) is 20.1. The molecule has 0 aliphatic rings. The lowest BCUT2D eigenvalue weighted by molar-refractivity contribution is 0.0525. The molecule has 0 aliphatic carbocycles. The van der Waals surface area contributed by atoms with E-state index >= 15 is 0 Å². The summed E-state index contributed by atoms with van der Waals surface area (Å²) in [4.78, 5) is 26.9. The van der Waals surface area contributed by atoms with Crippen LogP contribution < -0.4 is 14.2 Å². The van der Waals surface area contributed by atoms with E-state index in [0.29, 0.717) is 55.6 Å². The number of rotatable bonds is 16. The summed E-state index contributed by atoms with van der Waals surface area (Å²) in [6.07, 6.45) is 9.94. The smallest absolute Gasteiger partial charge is 0.338 e. The first-order valence-corrected chi connectivity index (χ1v) is 11.9. The van der Waals surface area contributed by atoms with Gasteiger partial charge < -0.3 is 23.5 Å². The average Bonchev–Trinajstić information content (AvgIpc) is 3.40. The van der Waals surface area contributed by atoms with E-state index in [2.05, 4.69) is 4.98 Å². The fourth-order valence-electron chi connectivity index (χ4n) is 3.33. The summed E-state index contributed by atoms with van der Waals surface area (Å²) in [6.45, 7) is 4.32. The Morgan fingerprint density at radius 1 is 0.914 bits per heavy atom. The highest BCUT2D eigenvalue weighted by atomic mass is 16.5. The van der Waals surface area contributed by atoms with Gasteiger partial charge in [-0.1, -0.05) is 0 Å². The van der Waals surface area contributed by atoms with Crippen molar-refractivity contribution in [3.63, 3.8) is 0 Å². The number of ether oxygens (including phenoxy) is 4. The molecule has 0 saturated heterocycles. The quantitative estimate of drug-likeness (QED) is 0.162. The summed E-state index contributed by atoms with van der Waals surface area (Å²) < 4.78 is 24.6. The molecule has 3 aromatic rings. The van der Waals surface area contributed by atoms with E-state index in [-0.39, 0.29) is 5.97 Å². The molecule has 1 aromatic heterocycles. The molecule has 0 radical (unpaired) electrons. The van der Waals surface area contributed by atoms with Gasteiger partial charge in [-0.3, -0.25) is 4.79 Å². The first-order valence-electron chi connectivity index (χ1n) is 11.9. The van der Waals surface area contributed by atoms with Crippen LogP contribution in [-0.2, 0) is 11.3 Å². The molecule has 0 bridgehead atoms. The number of esters is 1. The van der Waals surface area contributed by atoms with Crippen molar-refractivity contribution in [2.24, 2.45) is 0 Å². The van der Waals surface area contributed by atoms with Crippen molar-refractivity contribution in [3.05, 3.63) is 72.3 Å². The van der Waals surface area contributed by atoms with Gasteiger partial charge in [0, 0.05) is 18.0 Å². The molecular formula is C27H32N2O6. The van der Waals surface area contributed by atoms with E-state index in [1.54, 1.807) is 61.9 Å². The van der Waals surface area contributed by atoms with Crippen LogP contribution in [0.1, 0.15) is 53.3 Å². The minimum absolute atomic E-state index is 0.311. The molecule has 3 rings (SSSR count). The monoisotopic (exact) mass is 480 g/mol. The fourth-order valence-corrected chi connectivity index (χ4v) is 3.33. The molecule has 0 saturated carbocycles. The molecule has 0 spiro atoms. The first kappa shape index (κ1) is 25.8. The largest absolute Gasteiger partial charge is 0.494 e. The molecule has 0 atom stereocenters. The number of aldehydes is 1. The van der Waals surface area contributed by atoms with Crippen molar-refractivity contribution in [1.82, 2.24) is 9.55 Å². The van der Waals surface area contributed by atoms with Crippen molar-refractivity contribution in [1.29, 1.82) is 0 Å². The van der Waals surface area contributed by atoms with Gasteiger partial charge in [0.25, 0.3) is 0 Å². The van der Waals surface area contributed by atoms with Crippen LogP contribution in [0.4, 0.5) is 0 Å². The summed E-state index contributed by atoms with van der Waals surface area (Å²) in [7, 11) is 0. The number of imidazole rings is 1. The van der Waals surface area contributed by atoms with E-state index in [9.17, 15) is 9.59 Å². The number of carbonyl (C=O) groups is 2. The maximum atomic E-state index is 12.1. The van der Waals surface area contributed by atoms with Gasteiger partial charge in [0.05, 0.1) is 38.3 Å². The maximum absolute atomic E-state index is 12.1. The lowest BCUT2D eigenvalue weighted by atomic mass is 10.2. The Labute approximate surface area is 205 Å². The second-order valence-corrected chi connectivity index (χ2v) is 7.83. The van der Waals surface area contributed by atoms with Crippen LogP contribution in [0.2, 0.25) is 0 Å². The number of nitrogens with zero attached hydrogens (tertiary/aromatic N) is 2. The highest BCUT2D eigenvalue weighted by molar-refractivity contribution is 5.90. The van der Waals surface area contributed by atoms with Crippen LogP contribution in [0, 0.1) is 0 Å². The Morgan fingerprint density at radius 2 is 1.66 bits per heavy atom. The summed E-state index contributed by atoms with van der Waals surface area (Å²) >= 11 is 0. The summed E-state index contributed by atoms with van der Waals surface area (Å²) in [5.74, 6) is 1.50. The van der Waals surface area contributed by atoms with Crippen LogP contribution in [0.15, 0.2) is 61.2 Å². The number of carbonyl (C=O) groups excluding carboxylic acids is 2. The average molecular weight is 481 g/mol. The number of aromatic nitrogens is 2. The van der Waals surface area contributed by atoms with Gasteiger partial charge in [0.2, 0.25) is 0 Å². The zero-order valence-electron chi connectivity index (χ0n) is 20.1. The minimum atomic E-state index is -0.386. The lowest BCUT2D eigenvalue weighted by Crippen LogP contribution is -2.09. The normalized spacial score (nSPS) is 10.5. The van der Waals surface area contributed by atoms with Gasteiger partial charge in [-0.05, 0) is 75.1 Å². The van der Waals surface area contributed by atoms with Gasteiger partial charge >= 0.3 is 5.97 Å². The molecule has 0 N–H and O–H groups in total. The highest BCUT2D eigenvalue weighted by Crippen LogP contribution is 2.29. The van der Waals surface area contributed by atoms with Gasteiger partial charge in [0.1, 0.15) is 18.6 Å². The first-order chi connectivity index (χ1) is 17.2. The summed E-state index contributed by atoms with van der Waals surface area (Å²) in [5.41, 5.74) is 1.07. The third kappa shape index (κ3) is 8.81. The molecule has 8 heteroatoms. The topological polar surface area (TPSA) is 88.9 Å². The maximum Gasteiger partial charge on any atom is 0.338 e. The van der Waals surface area contributed by atoms with E-state index < -0.39 is 0 Å². The number of hydrogen-bond acceptors (Lipinski definition) is 7. The van der Waals surface area contributed by atoms with E-state index in [1.165, 1.54) is 0 Å². The van der Waals surface area contributed by atoms with E-state index in [4.69, 9.17) is 18.9 Å². The van der Waals surface area contributed by atoms with Crippen LogP contribution in [0.3, 0.4) is 0 Å². The number of hydrogen-bond donors (Lipinski definition) is 0. The van der Waals surface area contributed by atoms with Gasteiger partial charge in [-0.15, -0.1) is 0 Å². The third-order valence-electron chi connectivity index (χ3n) is 5.20. The predicted molar refractivity (Wildman–Crippen MR) is 131 cm³/mol. The van der Waals surface area contributed by atoms with E-state index in [1.807, 2.05) is 10.8 Å². The van der Waals surface area contributed by atoms with Crippen LogP contribution >= 0.6 is 0 Å². The van der Waals surface area contributed by atoms with Gasteiger partial charge in [-0.2, -0.15) is 0 Å². The molecule has 186 valence electrons. The van der Waals surface area contributed by atoms with Crippen molar-refractivity contribution in [3.8, 4) is 17.2 Å². The van der Waals surface area contributed by atoms with Crippen molar-refractivity contribution >= 4 is 12.3 Å². The molecule has 0 amide bonds. The van der Waals surface area contributed by atoms with Crippen molar-refractivity contribution in [2.45, 2.75) is 39.2 Å². The van der Waals surface area contributed by atoms with E-state index in [0.717, 1.165) is 37.7 Å². The van der Waals surface area contributed by atoms with Crippen LogP contribution in [-0.4, -0.2) is 48.2 Å². The predicted octanol–water partition coefficient (Wildman–Crippen LogP) is 4.97. The summed E-state index contributed by atoms with van der Waals surface area (Å²) in [6, 6.07) is 12.2. The second kappa shape index (κ2) is 14.5. The Morgan fingerprint density at radius 3 is 2.34 bits per heavy atom. The molecule has 0 fully saturated rings. The Kier molecular flexibility index (Phi) is 10.7. The Balaban J connectivity index is 1.41. The van der Waals surface area contributed by atoms with Crippen molar-refractivity contribution < 1.29 is 28.5 Å². The minimum Gasteiger partial charge on any atom is -0.494 e. The Hall–Kier alpha value is -3.81.